The van der Waals surface area contributed by atoms with Gasteiger partial charge in [0.2, 0.25) is 0 Å². The molecule has 2 aromatic rings. The minimum Gasteiger partial charge on any atom is -0.508 e. The van der Waals surface area contributed by atoms with Crippen molar-refractivity contribution in [1.29, 1.82) is 0 Å². The van der Waals surface area contributed by atoms with Crippen LogP contribution in [-0.2, 0) is 0 Å². The summed E-state index contributed by atoms with van der Waals surface area (Å²) in [5.74, 6) is 0.304. The number of aromatic hydroxyl groups is 1. The molecule has 1 heterocycles. The summed E-state index contributed by atoms with van der Waals surface area (Å²) in [7, 11) is 0. The molecule has 1 nitrogen and oxygen atoms in total. The highest BCUT2D eigenvalue weighted by molar-refractivity contribution is 7.17. The summed E-state index contributed by atoms with van der Waals surface area (Å²) in [5, 5.41) is 13.0. The summed E-state index contributed by atoms with van der Waals surface area (Å²) in [4.78, 5) is 0. The molecule has 0 spiro atoms. The molecule has 0 fully saturated rings. The first-order valence-corrected chi connectivity index (χ1v) is 4.80. The molecule has 0 saturated heterocycles. The van der Waals surface area contributed by atoms with Crippen molar-refractivity contribution >= 4 is 33.0 Å². The third-order valence-electron chi connectivity index (χ3n) is 1.81. The van der Waals surface area contributed by atoms with Gasteiger partial charge in [0.1, 0.15) is 5.75 Å². The molecule has 0 atom stereocenters. The lowest BCUT2D eigenvalue weighted by atomic mass is 10.1. The van der Waals surface area contributed by atoms with Gasteiger partial charge in [0, 0.05) is 15.5 Å². The fourth-order valence-electron chi connectivity index (χ4n) is 1.31. The van der Waals surface area contributed by atoms with Crippen LogP contribution in [0, 0.1) is 6.92 Å². The minimum absolute atomic E-state index is 0.304. The van der Waals surface area contributed by atoms with Crippen LogP contribution in [-0.4, -0.2) is 5.11 Å². The van der Waals surface area contributed by atoms with E-state index in [1.165, 1.54) is 0 Å². The van der Waals surface area contributed by atoms with E-state index >= 15 is 0 Å². The van der Waals surface area contributed by atoms with E-state index in [9.17, 15) is 5.11 Å². The van der Waals surface area contributed by atoms with E-state index in [1.54, 1.807) is 23.5 Å². The van der Waals surface area contributed by atoms with Gasteiger partial charge in [-0.1, -0.05) is 11.6 Å². The standard InChI is InChI=1S/C9H7ClOS/c1-5-2-6(11)3-8-9(5)7(10)4-12-8/h2-4,11H,1H3. The van der Waals surface area contributed by atoms with Crippen molar-refractivity contribution in [3.8, 4) is 5.75 Å². The van der Waals surface area contributed by atoms with E-state index < -0.39 is 0 Å². The maximum Gasteiger partial charge on any atom is 0.117 e. The van der Waals surface area contributed by atoms with Gasteiger partial charge in [0.15, 0.2) is 0 Å². The Balaban J connectivity index is 2.93. The van der Waals surface area contributed by atoms with Crippen LogP contribution in [0.4, 0.5) is 0 Å². The number of hydrogen-bond donors (Lipinski definition) is 1. The molecule has 12 heavy (non-hydrogen) atoms. The second-order valence-corrected chi connectivity index (χ2v) is 4.04. The number of phenols is 1. The summed E-state index contributed by atoms with van der Waals surface area (Å²) in [5.41, 5.74) is 1.02. The first kappa shape index (κ1) is 7.90. The van der Waals surface area contributed by atoms with Gasteiger partial charge in [-0.05, 0) is 24.6 Å². The van der Waals surface area contributed by atoms with Crippen molar-refractivity contribution in [2.45, 2.75) is 6.92 Å². The van der Waals surface area contributed by atoms with Crippen LogP contribution in [0.15, 0.2) is 17.5 Å². The van der Waals surface area contributed by atoms with E-state index in [-0.39, 0.29) is 0 Å². The van der Waals surface area contributed by atoms with E-state index in [4.69, 9.17) is 11.6 Å². The first-order valence-electron chi connectivity index (χ1n) is 3.55. The number of aryl methyl sites for hydroxylation is 1. The van der Waals surface area contributed by atoms with Crippen LogP contribution < -0.4 is 0 Å². The third-order valence-corrected chi connectivity index (χ3v) is 3.17. The fraction of sp³-hybridized carbons (Fsp3) is 0.111. The number of fused-ring (bicyclic) bond motifs is 1. The van der Waals surface area contributed by atoms with E-state index in [1.807, 2.05) is 12.3 Å². The van der Waals surface area contributed by atoms with Crippen LogP contribution in [0.25, 0.3) is 10.1 Å². The Hall–Kier alpha value is -0.730. The Morgan fingerprint density at radius 2 is 2.17 bits per heavy atom. The highest BCUT2D eigenvalue weighted by atomic mass is 35.5. The Kier molecular flexibility index (Phi) is 1.74. The summed E-state index contributed by atoms with van der Waals surface area (Å²) in [6, 6.07) is 3.46. The zero-order valence-corrected chi connectivity index (χ0v) is 8.04. The molecule has 0 saturated carbocycles. The lowest BCUT2D eigenvalue weighted by molar-refractivity contribution is 0.476. The van der Waals surface area contributed by atoms with Gasteiger partial charge in [-0.2, -0.15) is 0 Å². The van der Waals surface area contributed by atoms with Crippen LogP contribution in [0.3, 0.4) is 0 Å². The first-order chi connectivity index (χ1) is 5.68. The Morgan fingerprint density at radius 3 is 2.92 bits per heavy atom. The lowest BCUT2D eigenvalue weighted by Gasteiger charge is -1.97. The van der Waals surface area contributed by atoms with Gasteiger partial charge in [-0.15, -0.1) is 11.3 Å². The molecule has 62 valence electrons. The van der Waals surface area contributed by atoms with Crippen molar-refractivity contribution in [3.05, 3.63) is 28.1 Å². The lowest BCUT2D eigenvalue weighted by Crippen LogP contribution is -1.73. The van der Waals surface area contributed by atoms with Crippen molar-refractivity contribution in [2.24, 2.45) is 0 Å². The van der Waals surface area contributed by atoms with E-state index in [0.29, 0.717) is 5.75 Å². The molecule has 0 amide bonds. The molecule has 3 heteroatoms. The van der Waals surface area contributed by atoms with Gasteiger partial charge in [-0.25, -0.2) is 0 Å². The predicted molar refractivity (Wildman–Crippen MR) is 53.2 cm³/mol. The SMILES string of the molecule is Cc1cc(O)cc2scc(Cl)c12. The molecule has 1 aromatic heterocycles. The summed E-state index contributed by atoms with van der Waals surface area (Å²) < 4.78 is 1.04. The molecule has 2 rings (SSSR count). The molecule has 0 radical (unpaired) electrons. The Bertz CT molecular complexity index is 433. The molecular formula is C9H7ClOS. The molecule has 0 bridgehead atoms. The smallest absolute Gasteiger partial charge is 0.117 e. The average Bonchev–Trinajstić information content (AvgIpc) is 2.31. The summed E-state index contributed by atoms with van der Waals surface area (Å²) in [6.45, 7) is 1.95. The number of thiophene rings is 1. The van der Waals surface area contributed by atoms with Gasteiger partial charge in [-0.3, -0.25) is 0 Å². The van der Waals surface area contributed by atoms with Crippen LogP contribution in [0.5, 0.6) is 5.75 Å². The highest BCUT2D eigenvalue weighted by Gasteiger charge is 2.05. The van der Waals surface area contributed by atoms with Gasteiger partial charge in [0.25, 0.3) is 0 Å². The largest absolute Gasteiger partial charge is 0.508 e. The van der Waals surface area contributed by atoms with Gasteiger partial charge >= 0.3 is 0 Å². The molecule has 0 aliphatic carbocycles. The van der Waals surface area contributed by atoms with Gasteiger partial charge < -0.3 is 5.11 Å². The number of phenolic OH excluding ortho intramolecular Hbond substituents is 1. The van der Waals surface area contributed by atoms with Gasteiger partial charge in [0.05, 0.1) is 5.02 Å². The molecular weight excluding hydrogens is 192 g/mol. The summed E-state index contributed by atoms with van der Waals surface area (Å²) >= 11 is 7.51. The molecule has 0 aliphatic rings. The zero-order valence-electron chi connectivity index (χ0n) is 6.47. The maximum atomic E-state index is 9.28. The molecule has 1 aromatic carbocycles. The molecule has 1 N–H and O–H groups in total. The van der Waals surface area contributed by atoms with E-state index in [2.05, 4.69) is 0 Å². The topological polar surface area (TPSA) is 20.2 Å². The van der Waals surface area contributed by atoms with Crippen molar-refractivity contribution in [2.75, 3.05) is 0 Å². The van der Waals surface area contributed by atoms with Crippen LogP contribution in [0.2, 0.25) is 5.02 Å². The van der Waals surface area contributed by atoms with Crippen LogP contribution >= 0.6 is 22.9 Å². The summed E-state index contributed by atoms with van der Waals surface area (Å²) in [6.07, 6.45) is 0. The Morgan fingerprint density at radius 1 is 1.42 bits per heavy atom. The number of benzene rings is 1. The van der Waals surface area contributed by atoms with Crippen molar-refractivity contribution in [1.82, 2.24) is 0 Å². The second kappa shape index (κ2) is 2.64. The number of rotatable bonds is 0. The highest BCUT2D eigenvalue weighted by Crippen LogP contribution is 2.34. The maximum absolute atomic E-state index is 9.28. The third kappa shape index (κ3) is 1.08. The monoisotopic (exact) mass is 198 g/mol. The number of hydrogen-bond acceptors (Lipinski definition) is 2. The Labute approximate surface area is 79.2 Å². The zero-order chi connectivity index (χ0) is 8.72. The normalized spacial score (nSPS) is 10.8. The average molecular weight is 199 g/mol. The van der Waals surface area contributed by atoms with Crippen molar-refractivity contribution in [3.63, 3.8) is 0 Å². The molecule has 0 unspecified atom stereocenters. The second-order valence-electron chi connectivity index (χ2n) is 2.72. The molecule has 0 aliphatic heterocycles. The van der Waals surface area contributed by atoms with Crippen molar-refractivity contribution < 1.29 is 5.11 Å². The quantitative estimate of drug-likeness (QED) is 0.686. The minimum atomic E-state index is 0.304. The predicted octanol–water partition coefficient (Wildman–Crippen LogP) is 3.57. The fourth-order valence-corrected chi connectivity index (χ4v) is 2.68. The van der Waals surface area contributed by atoms with E-state index in [0.717, 1.165) is 20.7 Å². The van der Waals surface area contributed by atoms with Crippen LogP contribution in [0.1, 0.15) is 5.56 Å². The number of halogens is 1.